The summed E-state index contributed by atoms with van der Waals surface area (Å²) in [5.74, 6) is 0.298. The summed E-state index contributed by atoms with van der Waals surface area (Å²) < 4.78 is 5.34. The molecule has 2 aromatic carbocycles. The van der Waals surface area contributed by atoms with E-state index in [9.17, 15) is 4.79 Å². The zero-order valence-electron chi connectivity index (χ0n) is 13.4. The van der Waals surface area contributed by atoms with Crippen LogP contribution in [0.4, 0.5) is 0 Å². The normalized spacial score (nSPS) is 10.5. The molecular formula is C18H24BrNO2. The highest BCUT2D eigenvalue weighted by molar-refractivity contribution is 8.93. The van der Waals surface area contributed by atoms with Gasteiger partial charge in [0.1, 0.15) is 5.75 Å². The molecule has 0 spiro atoms. The van der Waals surface area contributed by atoms with Gasteiger partial charge in [-0.1, -0.05) is 45.0 Å². The first kappa shape index (κ1) is 18.7. The van der Waals surface area contributed by atoms with Crippen molar-refractivity contribution in [3.05, 3.63) is 42.0 Å². The van der Waals surface area contributed by atoms with E-state index in [4.69, 9.17) is 4.74 Å². The Morgan fingerprint density at radius 1 is 1.14 bits per heavy atom. The third kappa shape index (κ3) is 5.11. The van der Waals surface area contributed by atoms with Gasteiger partial charge in [0.05, 0.1) is 5.92 Å². The van der Waals surface area contributed by atoms with Gasteiger partial charge in [-0.2, -0.15) is 0 Å². The lowest BCUT2D eigenvalue weighted by Crippen LogP contribution is -2.16. The molecule has 0 fully saturated rings. The summed E-state index contributed by atoms with van der Waals surface area (Å²) in [6.45, 7) is 7.77. The first-order valence-electron chi connectivity index (χ1n) is 7.55. The number of benzene rings is 2. The lowest BCUT2D eigenvalue weighted by molar-refractivity contribution is -0.137. The fraction of sp³-hybridized carbons (Fsp3) is 0.389. The average molecular weight is 366 g/mol. The van der Waals surface area contributed by atoms with Gasteiger partial charge in [0, 0.05) is 0 Å². The van der Waals surface area contributed by atoms with E-state index in [1.807, 2.05) is 32.0 Å². The number of esters is 1. The van der Waals surface area contributed by atoms with Crippen molar-refractivity contribution in [2.75, 3.05) is 13.1 Å². The molecule has 0 aromatic heterocycles. The first-order valence-corrected chi connectivity index (χ1v) is 7.55. The van der Waals surface area contributed by atoms with Crippen molar-refractivity contribution in [1.29, 1.82) is 0 Å². The lowest BCUT2D eigenvalue weighted by Gasteiger charge is -2.09. The third-order valence-corrected chi connectivity index (χ3v) is 3.41. The number of rotatable bonds is 6. The number of hydrogen-bond donors (Lipinski definition) is 1. The van der Waals surface area contributed by atoms with Gasteiger partial charge in [0.25, 0.3) is 0 Å². The summed E-state index contributed by atoms with van der Waals surface area (Å²) in [4.78, 5) is 11.6. The molecule has 4 heteroatoms. The molecule has 1 N–H and O–H groups in total. The molecule has 0 radical (unpaired) electrons. The second-order valence-corrected chi connectivity index (χ2v) is 5.52. The van der Waals surface area contributed by atoms with E-state index >= 15 is 0 Å². The van der Waals surface area contributed by atoms with Crippen LogP contribution in [0.1, 0.15) is 26.3 Å². The van der Waals surface area contributed by atoms with Gasteiger partial charge < -0.3 is 10.1 Å². The standard InChI is InChI=1S/C18H23NO2.BrH/c1-4-19-10-9-14-5-6-16-12-17(8-7-15(16)11-14)21-18(20)13(2)3;/h5-8,11-13,19H,4,9-10H2,1-3H3;1H. The smallest absolute Gasteiger partial charge is 0.313 e. The molecule has 0 heterocycles. The minimum atomic E-state index is -0.198. The van der Waals surface area contributed by atoms with Crippen LogP contribution in [0.5, 0.6) is 5.75 Å². The maximum absolute atomic E-state index is 11.6. The van der Waals surface area contributed by atoms with Gasteiger partial charge in [0.15, 0.2) is 0 Å². The number of carbonyl (C=O) groups is 1. The molecule has 0 saturated carbocycles. The Balaban J connectivity index is 0.00000242. The summed E-state index contributed by atoms with van der Waals surface area (Å²) in [6, 6.07) is 12.2. The molecule has 0 aliphatic rings. The molecule has 22 heavy (non-hydrogen) atoms. The Hall–Kier alpha value is -1.39. The lowest BCUT2D eigenvalue weighted by atomic mass is 10.0. The van der Waals surface area contributed by atoms with Crippen LogP contribution in [-0.2, 0) is 11.2 Å². The van der Waals surface area contributed by atoms with Gasteiger partial charge in [0.2, 0.25) is 0 Å². The van der Waals surface area contributed by atoms with Crippen molar-refractivity contribution in [3.8, 4) is 5.75 Å². The molecule has 0 saturated heterocycles. The maximum atomic E-state index is 11.6. The molecule has 2 rings (SSSR count). The van der Waals surface area contributed by atoms with Crippen molar-refractivity contribution >= 4 is 33.7 Å². The van der Waals surface area contributed by atoms with Crippen LogP contribution in [0.3, 0.4) is 0 Å². The predicted octanol–water partition coefficient (Wildman–Crippen LogP) is 4.13. The summed E-state index contributed by atoms with van der Waals surface area (Å²) >= 11 is 0. The van der Waals surface area contributed by atoms with E-state index in [0.717, 1.165) is 24.9 Å². The van der Waals surface area contributed by atoms with Crippen molar-refractivity contribution in [1.82, 2.24) is 5.32 Å². The highest BCUT2D eigenvalue weighted by Gasteiger charge is 2.09. The van der Waals surface area contributed by atoms with Gasteiger partial charge >= 0.3 is 5.97 Å². The zero-order valence-corrected chi connectivity index (χ0v) is 15.1. The Bertz CT molecular complexity index is 626. The minimum absolute atomic E-state index is 0. The Labute approximate surface area is 142 Å². The molecule has 2 aromatic rings. The first-order chi connectivity index (χ1) is 10.1. The largest absolute Gasteiger partial charge is 0.426 e. The number of likely N-dealkylation sites (N-methyl/N-ethyl adjacent to an activating group) is 1. The monoisotopic (exact) mass is 365 g/mol. The molecule has 0 aliphatic heterocycles. The SMILES string of the molecule is Br.CCNCCc1ccc2cc(OC(=O)C(C)C)ccc2c1. The van der Waals surface area contributed by atoms with Crippen LogP contribution in [-0.4, -0.2) is 19.1 Å². The van der Waals surface area contributed by atoms with Crippen LogP contribution in [0.2, 0.25) is 0 Å². The van der Waals surface area contributed by atoms with Gasteiger partial charge in [-0.05, 0) is 48.0 Å². The van der Waals surface area contributed by atoms with E-state index in [-0.39, 0.29) is 28.9 Å². The average Bonchev–Trinajstić information content (AvgIpc) is 2.47. The summed E-state index contributed by atoms with van der Waals surface area (Å²) in [5, 5.41) is 5.60. The second-order valence-electron chi connectivity index (χ2n) is 5.52. The zero-order chi connectivity index (χ0) is 15.2. The molecule has 0 amide bonds. The van der Waals surface area contributed by atoms with Crippen molar-refractivity contribution in [3.63, 3.8) is 0 Å². The van der Waals surface area contributed by atoms with E-state index in [0.29, 0.717) is 5.75 Å². The maximum Gasteiger partial charge on any atom is 0.313 e. The van der Waals surface area contributed by atoms with Crippen LogP contribution >= 0.6 is 17.0 Å². The Kier molecular flexibility index (Phi) is 7.56. The van der Waals surface area contributed by atoms with Crippen LogP contribution in [0, 0.1) is 5.92 Å². The van der Waals surface area contributed by atoms with Gasteiger partial charge in [-0.15, -0.1) is 17.0 Å². The van der Waals surface area contributed by atoms with Gasteiger partial charge in [-0.3, -0.25) is 4.79 Å². The third-order valence-electron chi connectivity index (χ3n) is 3.41. The Morgan fingerprint density at radius 3 is 2.50 bits per heavy atom. The second kappa shape index (κ2) is 8.91. The highest BCUT2D eigenvalue weighted by atomic mass is 79.9. The number of halogens is 1. The van der Waals surface area contributed by atoms with E-state index in [1.54, 1.807) is 0 Å². The molecule has 0 atom stereocenters. The number of fused-ring (bicyclic) bond motifs is 1. The molecule has 0 aliphatic carbocycles. The molecular weight excluding hydrogens is 342 g/mol. The molecule has 3 nitrogen and oxygen atoms in total. The number of ether oxygens (including phenoxy) is 1. The quantitative estimate of drug-likeness (QED) is 0.475. The Morgan fingerprint density at radius 2 is 1.82 bits per heavy atom. The predicted molar refractivity (Wildman–Crippen MR) is 97.0 cm³/mol. The van der Waals surface area contributed by atoms with Crippen molar-refractivity contribution < 1.29 is 9.53 Å². The highest BCUT2D eigenvalue weighted by Crippen LogP contribution is 2.23. The summed E-state index contributed by atoms with van der Waals surface area (Å²) in [5.41, 5.74) is 1.32. The molecule has 0 unspecified atom stereocenters. The molecule has 0 bridgehead atoms. The fourth-order valence-corrected chi connectivity index (χ4v) is 2.14. The summed E-state index contributed by atoms with van der Waals surface area (Å²) in [6.07, 6.45) is 1.02. The number of hydrogen-bond acceptors (Lipinski definition) is 3. The van der Waals surface area contributed by atoms with E-state index in [2.05, 4.69) is 30.4 Å². The van der Waals surface area contributed by atoms with Crippen molar-refractivity contribution in [2.45, 2.75) is 27.2 Å². The van der Waals surface area contributed by atoms with Crippen molar-refractivity contribution in [2.24, 2.45) is 5.92 Å². The van der Waals surface area contributed by atoms with Crippen LogP contribution < -0.4 is 10.1 Å². The van der Waals surface area contributed by atoms with E-state index < -0.39 is 0 Å². The number of nitrogens with one attached hydrogen (secondary N) is 1. The number of carbonyl (C=O) groups excluding carboxylic acids is 1. The van der Waals surface area contributed by atoms with Crippen LogP contribution in [0.25, 0.3) is 10.8 Å². The van der Waals surface area contributed by atoms with Gasteiger partial charge in [-0.25, -0.2) is 0 Å². The summed E-state index contributed by atoms with van der Waals surface area (Å²) in [7, 11) is 0. The topological polar surface area (TPSA) is 38.3 Å². The van der Waals surface area contributed by atoms with E-state index in [1.165, 1.54) is 10.9 Å². The molecule has 120 valence electrons. The van der Waals surface area contributed by atoms with Crippen LogP contribution in [0.15, 0.2) is 36.4 Å². The fourth-order valence-electron chi connectivity index (χ4n) is 2.14. The minimum Gasteiger partial charge on any atom is -0.426 e.